The summed E-state index contributed by atoms with van der Waals surface area (Å²) in [5.41, 5.74) is 1.99. The molecule has 7 heteroatoms. The molecule has 0 aromatic heterocycles. The summed E-state index contributed by atoms with van der Waals surface area (Å²) in [5, 5.41) is 0. The van der Waals surface area contributed by atoms with Gasteiger partial charge in [0.2, 0.25) is 11.8 Å². The zero-order valence-corrected chi connectivity index (χ0v) is 18.6. The highest BCUT2D eigenvalue weighted by atomic mass is 19.1. The number of ketones is 2. The molecule has 170 valence electrons. The number of amides is 2. The molecule has 6 nitrogen and oxygen atoms in total. The van der Waals surface area contributed by atoms with Gasteiger partial charge in [-0.25, -0.2) is 4.39 Å². The molecule has 2 heterocycles. The van der Waals surface area contributed by atoms with Gasteiger partial charge < -0.3 is 9.80 Å². The molecule has 2 unspecified atom stereocenters. The fourth-order valence-corrected chi connectivity index (χ4v) is 5.06. The van der Waals surface area contributed by atoms with E-state index in [1.807, 2.05) is 0 Å². The Morgan fingerprint density at radius 1 is 0.647 bits per heavy atom. The van der Waals surface area contributed by atoms with E-state index in [1.54, 1.807) is 62.6 Å². The molecule has 2 amide bonds. The van der Waals surface area contributed by atoms with Crippen LogP contribution in [0.15, 0.2) is 72.8 Å². The van der Waals surface area contributed by atoms with Crippen molar-refractivity contribution in [1.82, 2.24) is 0 Å². The maximum absolute atomic E-state index is 13.8. The monoisotopic (exact) mass is 456 g/mol. The first-order valence-electron chi connectivity index (χ1n) is 10.9. The quantitative estimate of drug-likeness (QED) is 0.561. The van der Waals surface area contributed by atoms with Gasteiger partial charge in [-0.1, -0.05) is 36.4 Å². The van der Waals surface area contributed by atoms with Crippen LogP contribution in [0.25, 0.3) is 0 Å². The average Bonchev–Trinajstić information content (AvgIpc) is 2.86. The summed E-state index contributed by atoms with van der Waals surface area (Å²) in [4.78, 5) is 57.2. The van der Waals surface area contributed by atoms with E-state index in [2.05, 4.69) is 0 Å². The van der Waals surface area contributed by atoms with Crippen molar-refractivity contribution in [2.45, 2.75) is 5.92 Å². The predicted molar refractivity (Wildman–Crippen MR) is 124 cm³/mol. The lowest BCUT2D eigenvalue weighted by molar-refractivity contribution is -0.124. The molecule has 2 aliphatic rings. The van der Waals surface area contributed by atoms with E-state index in [0.717, 1.165) is 0 Å². The van der Waals surface area contributed by atoms with E-state index in [0.29, 0.717) is 28.1 Å². The number of fused-ring (bicyclic) bond motifs is 2. The maximum atomic E-state index is 13.8. The van der Waals surface area contributed by atoms with Gasteiger partial charge in [-0.3, -0.25) is 19.2 Å². The standard InChI is InChI=1S/C27H21FN2O4/c1-29-19-9-5-3-7-17(19)24(31)22(26(29)33)21(15-11-13-16(28)14-12-15)23-25(32)18-8-4-6-10-20(18)30(2)27(23)34/h3-14,21-23H,1-2H3. The van der Waals surface area contributed by atoms with Crippen molar-refractivity contribution in [3.63, 3.8) is 0 Å². The molecular formula is C27H21FN2O4. The highest BCUT2D eigenvalue weighted by Gasteiger charge is 2.52. The second kappa shape index (κ2) is 8.02. The molecule has 0 saturated heterocycles. The van der Waals surface area contributed by atoms with Crippen LogP contribution in [0.1, 0.15) is 32.2 Å². The van der Waals surface area contributed by atoms with Gasteiger partial charge in [0.25, 0.3) is 0 Å². The van der Waals surface area contributed by atoms with Gasteiger partial charge in [0, 0.05) is 31.1 Å². The first-order valence-corrected chi connectivity index (χ1v) is 10.9. The Morgan fingerprint density at radius 3 is 1.50 bits per heavy atom. The summed E-state index contributed by atoms with van der Waals surface area (Å²) >= 11 is 0. The maximum Gasteiger partial charge on any atom is 0.238 e. The van der Waals surface area contributed by atoms with Crippen LogP contribution in [-0.4, -0.2) is 37.5 Å². The van der Waals surface area contributed by atoms with Gasteiger partial charge in [0.15, 0.2) is 11.6 Å². The Kier molecular flexibility index (Phi) is 5.12. The summed E-state index contributed by atoms with van der Waals surface area (Å²) < 4.78 is 13.8. The SMILES string of the molecule is CN1C(=O)C(C(c2ccc(F)cc2)C2C(=O)c3ccccc3N(C)C2=O)C(=O)c2ccccc21. The molecular weight excluding hydrogens is 435 g/mol. The van der Waals surface area contributed by atoms with Crippen LogP contribution in [-0.2, 0) is 9.59 Å². The number of hydrogen-bond donors (Lipinski definition) is 0. The minimum atomic E-state index is -1.32. The van der Waals surface area contributed by atoms with Gasteiger partial charge in [0.1, 0.15) is 17.7 Å². The summed E-state index contributed by atoms with van der Waals surface area (Å²) in [6, 6.07) is 18.7. The second-order valence-corrected chi connectivity index (χ2v) is 8.59. The van der Waals surface area contributed by atoms with E-state index in [1.165, 1.54) is 34.1 Å². The third-order valence-corrected chi connectivity index (χ3v) is 6.79. The van der Waals surface area contributed by atoms with Gasteiger partial charge >= 0.3 is 0 Å². The molecule has 34 heavy (non-hydrogen) atoms. The number of Topliss-reactive ketones (excluding diaryl/α,β-unsaturated/α-hetero) is 2. The van der Waals surface area contributed by atoms with Crippen LogP contribution in [0, 0.1) is 17.7 Å². The Labute approximate surface area is 195 Å². The number of nitrogens with zero attached hydrogens (tertiary/aromatic N) is 2. The number of halogens is 1. The Bertz CT molecular complexity index is 1270. The smallest absolute Gasteiger partial charge is 0.238 e. The van der Waals surface area contributed by atoms with Crippen molar-refractivity contribution in [1.29, 1.82) is 0 Å². The lowest BCUT2D eigenvalue weighted by Gasteiger charge is -2.40. The molecule has 5 rings (SSSR count). The van der Waals surface area contributed by atoms with E-state index in [-0.39, 0.29) is 0 Å². The normalized spacial score (nSPS) is 20.8. The van der Waals surface area contributed by atoms with Crippen molar-refractivity contribution in [3.05, 3.63) is 95.3 Å². The fraction of sp³-hybridized carbons (Fsp3) is 0.185. The van der Waals surface area contributed by atoms with Gasteiger partial charge in [-0.15, -0.1) is 0 Å². The summed E-state index contributed by atoms with van der Waals surface area (Å²) in [5.74, 6) is -6.20. The largest absolute Gasteiger partial charge is 0.314 e. The molecule has 3 aromatic rings. The zero-order valence-electron chi connectivity index (χ0n) is 18.6. The topological polar surface area (TPSA) is 74.8 Å². The number of hydrogen-bond acceptors (Lipinski definition) is 4. The number of para-hydroxylation sites is 2. The number of carbonyl (C=O) groups is 4. The Hall–Kier alpha value is -4.13. The second-order valence-electron chi connectivity index (χ2n) is 8.59. The molecule has 0 fully saturated rings. The summed E-state index contributed by atoms with van der Waals surface area (Å²) in [7, 11) is 3.13. The lowest BCUT2D eigenvalue weighted by Crippen LogP contribution is -2.52. The first-order chi connectivity index (χ1) is 16.3. The van der Waals surface area contributed by atoms with Crippen LogP contribution in [0.3, 0.4) is 0 Å². The molecule has 0 radical (unpaired) electrons. The predicted octanol–water partition coefficient (Wildman–Crippen LogP) is 3.86. The van der Waals surface area contributed by atoms with Gasteiger partial charge in [0.05, 0.1) is 11.4 Å². The summed E-state index contributed by atoms with van der Waals surface area (Å²) in [6.45, 7) is 0. The number of anilines is 2. The van der Waals surface area contributed by atoms with Crippen LogP contribution in [0.5, 0.6) is 0 Å². The van der Waals surface area contributed by atoms with Gasteiger partial charge in [-0.2, -0.15) is 0 Å². The van der Waals surface area contributed by atoms with Crippen LogP contribution in [0.2, 0.25) is 0 Å². The van der Waals surface area contributed by atoms with Gasteiger partial charge in [-0.05, 0) is 42.0 Å². The van der Waals surface area contributed by atoms with Crippen LogP contribution < -0.4 is 9.80 Å². The van der Waals surface area contributed by atoms with E-state index < -0.39 is 47.0 Å². The Morgan fingerprint density at radius 2 is 1.06 bits per heavy atom. The molecule has 0 saturated carbocycles. The molecule has 0 bridgehead atoms. The average molecular weight is 456 g/mol. The van der Waals surface area contributed by atoms with Crippen molar-refractivity contribution in [2.75, 3.05) is 23.9 Å². The minimum Gasteiger partial charge on any atom is -0.314 e. The van der Waals surface area contributed by atoms with Crippen LogP contribution in [0.4, 0.5) is 15.8 Å². The highest BCUT2D eigenvalue weighted by molar-refractivity contribution is 6.25. The molecule has 0 N–H and O–H groups in total. The third-order valence-electron chi connectivity index (χ3n) is 6.79. The van der Waals surface area contributed by atoms with E-state index in [9.17, 15) is 23.6 Å². The van der Waals surface area contributed by atoms with E-state index >= 15 is 0 Å². The van der Waals surface area contributed by atoms with Crippen molar-refractivity contribution >= 4 is 34.8 Å². The molecule has 0 aliphatic carbocycles. The molecule has 0 spiro atoms. The Balaban J connectivity index is 1.71. The third kappa shape index (κ3) is 3.15. The van der Waals surface area contributed by atoms with Crippen LogP contribution >= 0.6 is 0 Å². The number of rotatable bonds is 3. The fourth-order valence-electron chi connectivity index (χ4n) is 5.06. The molecule has 2 atom stereocenters. The number of carbonyl (C=O) groups excluding carboxylic acids is 4. The number of benzene rings is 3. The summed E-state index contributed by atoms with van der Waals surface area (Å²) in [6.07, 6.45) is 0. The van der Waals surface area contributed by atoms with Crippen molar-refractivity contribution in [3.8, 4) is 0 Å². The van der Waals surface area contributed by atoms with Crippen molar-refractivity contribution < 1.29 is 23.6 Å². The van der Waals surface area contributed by atoms with Crippen molar-refractivity contribution in [2.24, 2.45) is 11.8 Å². The highest BCUT2D eigenvalue weighted by Crippen LogP contribution is 2.45. The first kappa shape index (κ1) is 21.7. The van der Waals surface area contributed by atoms with E-state index in [4.69, 9.17) is 0 Å². The zero-order chi connectivity index (χ0) is 24.1. The minimum absolute atomic E-state index is 0.339. The molecule has 3 aromatic carbocycles. The molecule has 2 aliphatic heterocycles. The lowest BCUT2D eigenvalue weighted by atomic mass is 9.68.